The van der Waals surface area contributed by atoms with Crippen LogP contribution in [0.5, 0.6) is 11.6 Å². The van der Waals surface area contributed by atoms with Crippen LogP contribution in [-0.4, -0.2) is 22.8 Å². The summed E-state index contributed by atoms with van der Waals surface area (Å²) in [6, 6.07) is 9.74. The monoisotopic (exact) mass is 289 g/mol. The SMILES string of the molecule is CCCNc1cc(Oc2ccc(C)cc2)nc(SC)n1. The van der Waals surface area contributed by atoms with Gasteiger partial charge in [-0.25, -0.2) is 4.98 Å². The first kappa shape index (κ1) is 14.7. The summed E-state index contributed by atoms with van der Waals surface area (Å²) in [6.07, 6.45) is 3.00. The van der Waals surface area contributed by atoms with Crippen molar-refractivity contribution in [2.45, 2.75) is 25.4 Å². The molecule has 0 fully saturated rings. The van der Waals surface area contributed by atoms with Crippen molar-refractivity contribution in [3.63, 3.8) is 0 Å². The minimum atomic E-state index is 0.562. The molecule has 5 heteroatoms. The molecule has 1 aromatic heterocycles. The van der Waals surface area contributed by atoms with Gasteiger partial charge in [0.15, 0.2) is 5.16 Å². The topological polar surface area (TPSA) is 47.0 Å². The molecule has 0 aliphatic rings. The number of aryl methyl sites for hydroxylation is 1. The summed E-state index contributed by atoms with van der Waals surface area (Å²) in [5.74, 6) is 2.14. The van der Waals surface area contributed by atoms with Gasteiger partial charge in [-0.05, 0) is 31.7 Å². The number of nitrogens with zero attached hydrogens (tertiary/aromatic N) is 2. The highest BCUT2D eigenvalue weighted by Gasteiger charge is 2.06. The van der Waals surface area contributed by atoms with Gasteiger partial charge in [-0.3, -0.25) is 0 Å². The van der Waals surface area contributed by atoms with Gasteiger partial charge in [0, 0.05) is 12.6 Å². The first-order chi connectivity index (χ1) is 9.71. The molecule has 0 amide bonds. The second-order valence-corrected chi connectivity index (χ2v) is 5.19. The summed E-state index contributed by atoms with van der Waals surface area (Å²) in [5, 5.41) is 3.96. The Bertz CT molecular complexity index is 558. The Morgan fingerprint density at radius 3 is 2.60 bits per heavy atom. The van der Waals surface area contributed by atoms with E-state index in [0.29, 0.717) is 11.0 Å². The fraction of sp³-hybridized carbons (Fsp3) is 0.333. The molecule has 0 aliphatic heterocycles. The smallest absolute Gasteiger partial charge is 0.225 e. The van der Waals surface area contributed by atoms with Gasteiger partial charge in [0.05, 0.1) is 0 Å². The Morgan fingerprint density at radius 2 is 1.95 bits per heavy atom. The largest absolute Gasteiger partial charge is 0.439 e. The third kappa shape index (κ3) is 4.13. The minimum Gasteiger partial charge on any atom is -0.439 e. The van der Waals surface area contributed by atoms with Gasteiger partial charge >= 0.3 is 0 Å². The fourth-order valence-corrected chi connectivity index (χ4v) is 1.99. The molecule has 0 saturated carbocycles. The van der Waals surface area contributed by atoms with E-state index in [1.807, 2.05) is 43.5 Å². The average Bonchev–Trinajstić information content (AvgIpc) is 2.47. The molecule has 0 spiro atoms. The van der Waals surface area contributed by atoms with E-state index in [0.717, 1.165) is 24.5 Å². The molecule has 0 unspecified atom stereocenters. The maximum absolute atomic E-state index is 5.79. The van der Waals surface area contributed by atoms with Crippen molar-refractivity contribution >= 4 is 17.6 Å². The van der Waals surface area contributed by atoms with E-state index in [2.05, 4.69) is 22.2 Å². The molecule has 1 N–H and O–H groups in total. The molecule has 2 rings (SSSR count). The molecular weight excluding hydrogens is 270 g/mol. The van der Waals surface area contributed by atoms with Gasteiger partial charge in [-0.2, -0.15) is 4.98 Å². The Labute approximate surface area is 124 Å². The summed E-state index contributed by atoms with van der Waals surface area (Å²) in [4.78, 5) is 8.77. The first-order valence-corrected chi connectivity index (χ1v) is 7.85. The van der Waals surface area contributed by atoms with E-state index in [1.54, 1.807) is 0 Å². The van der Waals surface area contributed by atoms with Crippen LogP contribution >= 0.6 is 11.8 Å². The van der Waals surface area contributed by atoms with E-state index < -0.39 is 0 Å². The average molecular weight is 289 g/mol. The van der Waals surface area contributed by atoms with Crippen LogP contribution < -0.4 is 10.1 Å². The minimum absolute atomic E-state index is 0.562. The number of hydrogen-bond acceptors (Lipinski definition) is 5. The second-order valence-electron chi connectivity index (χ2n) is 4.42. The van der Waals surface area contributed by atoms with Crippen molar-refractivity contribution in [1.82, 2.24) is 9.97 Å². The molecule has 1 heterocycles. The highest BCUT2D eigenvalue weighted by atomic mass is 32.2. The molecule has 0 saturated heterocycles. The fourth-order valence-electron chi connectivity index (χ4n) is 1.62. The Morgan fingerprint density at radius 1 is 1.20 bits per heavy atom. The quantitative estimate of drug-likeness (QED) is 0.640. The number of hydrogen-bond donors (Lipinski definition) is 1. The molecule has 0 radical (unpaired) electrons. The van der Waals surface area contributed by atoms with Crippen molar-refractivity contribution in [2.24, 2.45) is 0 Å². The van der Waals surface area contributed by atoms with Crippen LogP contribution in [0.2, 0.25) is 0 Å². The lowest BCUT2D eigenvalue weighted by Gasteiger charge is -2.09. The van der Waals surface area contributed by atoms with Gasteiger partial charge in [0.1, 0.15) is 11.6 Å². The van der Waals surface area contributed by atoms with Crippen LogP contribution in [0, 0.1) is 6.92 Å². The maximum atomic E-state index is 5.79. The van der Waals surface area contributed by atoms with Gasteiger partial charge in [-0.1, -0.05) is 36.4 Å². The molecule has 1 aromatic carbocycles. The summed E-state index contributed by atoms with van der Waals surface area (Å²) in [7, 11) is 0. The molecule has 4 nitrogen and oxygen atoms in total. The van der Waals surface area contributed by atoms with Crippen molar-refractivity contribution in [1.29, 1.82) is 0 Å². The first-order valence-electron chi connectivity index (χ1n) is 6.62. The van der Waals surface area contributed by atoms with Crippen molar-refractivity contribution < 1.29 is 4.74 Å². The van der Waals surface area contributed by atoms with Crippen LogP contribution in [0.15, 0.2) is 35.5 Å². The van der Waals surface area contributed by atoms with Crippen LogP contribution in [0.25, 0.3) is 0 Å². The third-order valence-electron chi connectivity index (χ3n) is 2.66. The highest BCUT2D eigenvalue weighted by molar-refractivity contribution is 7.98. The Hall–Kier alpha value is -1.75. The molecule has 0 aliphatic carbocycles. The zero-order chi connectivity index (χ0) is 14.4. The molecule has 0 bridgehead atoms. The van der Waals surface area contributed by atoms with Crippen LogP contribution in [-0.2, 0) is 0 Å². The zero-order valence-electron chi connectivity index (χ0n) is 12.0. The number of aromatic nitrogens is 2. The normalized spacial score (nSPS) is 10.3. The number of nitrogens with one attached hydrogen (secondary N) is 1. The van der Waals surface area contributed by atoms with E-state index in [1.165, 1.54) is 17.3 Å². The molecule has 20 heavy (non-hydrogen) atoms. The van der Waals surface area contributed by atoms with Crippen molar-refractivity contribution in [3.8, 4) is 11.6 Å². The lowest BCUT2D eigenvalue weighted by Crippen LogP contribution is -2.04. The van der Waals surface area contributed by atoms with Gasteiger partial charge in [0.25, 0.3) is 0 Å². The number of benzene rings is 1. The zero-order valence-corrected chi connectivity index (χ0v) is 12.8. The van der Waals surface area contributed by atoms with E-state index in [-0.39, 0.29) is 0 Å². The summed E-state index contributed by atoms with van der Waals surface area (Å²) >= 11 is 1.50. The predicted molar refractivity (Wildman–Crippen MR) is 83.8 cm³/mol. The standard InChI is InChI=1S/C15H19N3OS/c1-4-9-16-13-10-14(18-15(17-13)20-3)19-12-7-5-11(2)6-8-12/h5-8,10H,4,9H2,1-3H3,(H,16,17,18). The van der Waals surface area contributed by atoms with E-state index >= 15 is 0 Å². The third-order valence-corrected chi connectivity index (χ3v) is 3.21. The number of rotatable bonds is 6. The lowest BCUT2D eigenvalue weighted by atomic mass is 10.2. The number of ether oxygens (including phenoxy) is 1. The molecule has 106 valence electrons. The summed E-state index contributed by atoms with van der Waals surface area (Å²) < 4.78 is 5.79. The second kappa shape index (κ2) is 7.14. The number of thioether (sulfide) groups is 1. The Balaban J connectivity index is 2.19. The maximum Gasteiger partial charge on any atom is 0.225 e. The summed E-state index contributed by atoms with van der Waals surface area (Å²) in [6.45, 7) is 5.05. The molecule has 2 aromatic rings. The van der Waals surface area contributed by atoms with Crippen molar-refractivity contribution in [3.05, 3.63) is 35.9 Å². The van der Waals surface area contributed by atoms with Gasteiger partial charge in [-0.15, -0.1) is 0 Å². The van der Waals surface area contributed by atoms with E-state index in [9.17, 15) is 0 Å². The highest BCUT2D eigenvalue weighted by Crippen LogP contribution is 2.24. The molecule has 0 atom stereocenters. The van der Waals surface area contributed by atoms with E-state index in [4.69, 9.17) is 4.74 Å². The van der Waals surface area contributed by atoms with Crippen molar-refractivity contribution in [2.75, 3.05) is 18.1 Å². The van der Waals surface area contributed by atoms with Crippen LogP contribution in [0.4, 0.5) is 5.82 Å². The Kier molecular flexibility index (Phi) is 5.24. The molecular formula is C15H19N3OS. The van der Waals surface area contributed by atoms with Gasteiger partial charge < -0.3 is 10.1 Å². The van der Waals surface area contributed by atoms with Gasteiger partial charge in [0.2, 0.25) is 5.88 Å². The lowest BCUT2D eigenvalue weighted by molar-refractivity contribution is 0.456. The summed E-state index contributed by atoms with van der Waals surface area (Å²) in [5.41, 5.74) is 1.20. The predicted octanol–water partition coefficient (Wildman–Crippen LogP) is 4.12. The number of anilines is 1. The van der Waals surface area contributed by atoms with Crippen LogP contribution in [0.1, 0.15) is 18.9 Å². The van der Waals surface area contributed by atoms with Crippen LogP contribution in [0.3, 0.4) is 0 Å².